The van der Waals surface area contributed by atoms with Gasteiger partial charge in [-0.05, 0) is 51.7 Å². The Morgan fingerprint density at radius 3 is 2.52 bits per heavy atom. The fraction of sp³-hybridized carbons (Fsp3) is 0.481. The van der Waals surface area contributed by atoms with Gasteiger partial charge in [0.1, 0.15) is 28.9 Å². The second-order valence-corrected chi connectivity index (χ2v) is 12.2. The molecule has 0 spiro atoms. The number of carbonyl (C=O) groups is 1. The number of ether oxygens (including phenoxy) is 1. The van der Waals surface area contributed by atoms with Crippen molar-refractivity contribution in [3.8, 4) is 6.07 Å². The average molecular weight is 564 g/mol. The Morgan fingerprint density at radius 1 is 1.20 bits per heavy atom. The van der Waals surface area contributed by atoms with Crippen LogP contribution in [-0.4, -0.2) is 49.2 Å². The molecular formula is C27H30ClN9O3. The minimum atomic E-state index is -0.592. The SMILES string of the molecule is CC(C)(C)OC(=O)N1CC2C(C1)C2n1c(C(Nc2nc(N)nc(N)c2C#N)C2CC2)nc2cccc(Cl)c2c1=O. The number of benzene rings is 1. The maximum absolute atomic E-state index is 14.1. The molecule has 2 saturated carbocycles. The fourth-order valence-electron chi connectivity index (χ4n) is 5.76. The first-order chi connectivity index (χ1) is 19.0. The molecular weight excluding hydrogens is 534 g/mol. The number of nitrogens with two attached hydrogens (primary N) is 2. The molecule has 5 N–H and O–H groups in total. The van der Waals surface area contributed by atoms with E-state index < -0.39 is 11.6 Å². The molecule has 13 heteroatoms. The number of rotatable bonds is 5. The van der Waals surface area contributed by atoms with E-state index in [4.69, 9.17) is 32.8 Å². The summed E-state index contributed by atoms with van der Waals surface area (Å²) in [6.07, 6.45) is 1.46. The van der Waals surface area contributed by atoms with Gasteiger partial charge in [-0.3, -0.25) is 9.36 Å². The zero-order chi connectivity index (χ0) is 28.5. The molecule has 12 nitrogen and oxygen atoms in total. The lowest BCUT2D eigenvalue weighted by molar-refractivity contribution is 0.0266. The van der Waals surface area contributed by atoms with Crippen molar-refractivity contribution in [1.82, 2.24) is 24.4 Å². The number of carbonyl (C=O) groups excluding carboxylic acids is 1. The number of likely N-dealkylation sites (tertiary alicyclic amines) is 1. The van der Waals surface area contributed by atoms with E-state index in [0.717, 1.165) is 12.8 Å². The number of piperidine rings is 1. The highest BCUT2D eigenvalue weighted by Gasteiger charge is 2.60. The van der Waals surface area contributed by atoms with E-state index in [1.54, 1.807) is 27.7 Å². The molecule has 2 aromatic heterocycles. The maximum atomic E-state index is 14.1. The number of nitrogens with one attached hydrogen (secondary N) is 1. The Kier molecular flexibility index (Phi) is 6.03. The molecule has 3 aliphatic rings. The number of hydrogen-bond donors (Lipinski definition) is 3. The van der Waals surface area contributed by atoms with Gasteiger partial charge >= 0.3 is 6.09 Å². The first-order valence-electron chi connectivity index (χ1n) is 13.2. The molecule has 6 rings (SSSR count). The van der Waals surface area contributed by atoms with E-state index in [1.807, 2.05) is 26.8 Å². The van der Waals surface area contributed by atoms with Crippen LogP contribution < -0.4 is 22.3 Å². The molecule has 3 unspecified atom stereocenters. The number of nitrogen functional groups attached to an aromatic ring is 2. The molecule has 1 aromatic carbocycles. The summed E-state index contributed by atoms with van der Waals surface area (Å²) in [6.45, 7) is 6.47. The van der Waals surface area contributed by atoms with E-state index in [0.29, 0.717) is 34.8 Å². The quantitative estimate of drug-likeness (QED) is 0.416. The Bertz CT molecular complexity index is 1630. The van der Waals surface area contributed by atoms with Crippen LogP contribution in [0.3, 0.4) is 0 Å². The maximum Gasteiger partial charge on any atom is 0.410 e. The van der Waals surface area contributed by atoms with Crippen molar-refractivity contribution in [2.75, 3.05) is 29.9 Å². The highest BCUT2D eigenvalue weighted by atomic mass is 35.5. The molecule has 3 atom stereocenters. The van der Waals surface area contributed by atoms with Gasteiger partial charge in [-0.2, -0.15) is 15.2 Å². The third-order valence-electron chi connectivity index (χ3n) is 7.73. The zero-order valence-electron chi connectivity index (χ0n) is 22.4. The van der Waals surface area contributed by atoms with E-state index in [-0.39, 0.29) is 58.6 Å². The zero-order valence-corrected chi connectivity index (χ0v) is 23.1. The van der Waals surface area contributed by atoms with E-state index in [2.05, 4.69) is 15.3 Å². The van der Waals surface area contributed by atoms with Crippen molar-refractivity contribution in [1.29, 1.82) is 5.26 Å². The normalized spacial score (nSPS) is 22.5. The van der Waals surface area contributed by atoms with Gasteiger partial charge in [0.05, 0.1) is 22.0 Å². The first-order valence-corrected chi connectivity index (χ1v) is 13.6. The van der Waals surface area contributed by atoms with Crippen LogP contribution in [0.1, 0.15) is 57.1 Å². The van der Waals surface area contributed by atoms with Crippen LogP contribution in [0.25, 0.3) is 10.9 Å². The summed E-state index contributed by atoms with van der Waals surface area (Å²) >= 11 is 6.50. The molecule has 0 radical (unpaired) electrons. The Labute approximate surface area is 235 Å². The fourth-order valence-corrected chi connectivity index (χ4v) is 6.01. The molecule has 1 saturated heterocycles. The van der Waals surface area contributed by atoms with E-state index in [1.165, 1.54) is 0 Å². The van der Waals surface area contributed by atoms with Crippen molar-refractivity contribution < 1.29 is 9.53 Å². The lowest BCUT2D eigenvalue weighted by Crippen LogP contribution is -2.38. The van der Waals surface area contributed by atoms with Crippen LogP contribution >= 0.6 is 11.6 Å². The highest BCUT2D eigenvalue weighted by molar-refractivity contribution is 6.35. The summed E-state index contributed by atoms with van der Waals surface area (Å²) in [7, 11) is 0. The van der Waals surface area contributed by atoms with Crippen molar-refractivity contribution in [3.05, 3.63) is 45.0 Å². The van der Waals surface area contributed by atoms with Crippen LogP contribution in [0.2, 0.25) is 5.02 Å². The number of hydrogen-bond acceptors (Lipinski definition) is 10. The van der Waals surface area contributed by atoms with Crippen molar-refractivity contribution in [3.63, 3.8) is 0 Å². The predicted octanol–water partition coefficient (Wildman–Crippen LogP) is 3.48. The summed E-state index contributed by atoms with van der Waals surface area (Å²) < 4.78 is 7.30. The Hall–Kier alpha value is -4.11. The number of anilines is 3. The molecule has 40 heavy (non-hydrogen) atoms. The minimum Gasteiger partial charge on any atom is -0.444 e. The standard InChI is InChI=1S/C27H30ClN9O3/c1-27(2,3)40-26(39)36-10-14-15(11-36)20(14)37-23(32-17-6-4-5-16(28)18(17)24(37)38)19(12-7-8-12)33-22-13(9-29)21(30)34-25(31)35-22/h4-6,12,14-15,19-20H,7-8,10-11H2,1-3H3,(H5,30,31,33,34,35). The second-order valence-electron chi connectivity index (χ2n) is 11.7. The smallest absolute Gasteiger partial charge is 0.410 e. The monoisotopic (exact) mass is 563 g/mol. The average Bonchev–Trinajstić information content (AvgIpc) is 3.77. The van der Waals surface area contributed by atoms with Gasteiger partial charge in [0.15, 0.2) is 5.82 Å². The van der Waals surface area contributed by atoms with E-state index >= 15 is 0 Å². The van der Waals surface area contributed by atoms with Gasteiger partial charge in [0, 0.05) is 31.0 Å². The van der Waals surface area contributed by atoms with Crippen molar-refractivity contribution in [2.45, 2.75) is 51.3 Å². The lowest BCUT2D eigenvalue weighted by Gasteiger charge is -2.27. The van der Waals surface area contributed by atoms with Crippen LogP contribution in [-0.2, 0) is 4.74 Å². The first kappa shape index (κ1) is 26.1. The molecule has 1 amide bonds. The molecule has 208 valence electrons. The van der Waals surface area contributed by atoms with Crippen LogP contribution in [0.4, 0.5) is 22.4 Å². The molecule has 0 bridgehead atoms. The number of nitrogens with zero attached hydrogens (tertiary/aromatic N) is 6. The van der Waals surface area contributed by atoms with Gasteiger partial charge in [0.25, 0.3) is 5.56 Å². The number of fused-ring (bicyclic) bond motifs is 2. The molecule has 3 fully saturated rings. The molecule has 1 aliphatic heterocycles. The summed E-state index contributed by atoms with van der Waals surface area (Å²) in [6, 6.07) is 6.64. The summed E-state index contributed by atoms with van der Waals surface area (Å²) in [4.78, 5) is 41.6. The van der Waals surface area contributed by atoms with Crippen LogP contribution in [0, 0.1) is 29.1 Å². The van der Waals surface area contributed by atoms with Crippen molar-refractivity contribution >= 4 is 46.2 Å². The molecule has 2 aliphatic carbocycles. The lowest BCUT2D eigenvalue weighted by atomic mass is 10.1. The number of amides is 1. The number of aromatic nitrogens is 4. The molecule has 3 heterocycles. The summed E-state index contributed by atoms with van der Waals surface area (Å²) in [5.41, 5.74) is 11.5. The van der Waals surface area contributed by atoms with Gasteiger partial charge in [-0.15, -0.1) is 0 Å². The van der Waals surface area contributed by atoms with Gasteiger partial charge < -0.3 is 26.4 Å². The molecule has 3 aromatic rings. The van der Waals surface area contributed by atoms with Crippen molar-refractivity contribution in [2.24, 2.45) is 17.8 Å². The largest absolute Gasteiger partial charge is 0.444 e. The number of nitriles is 1. The Balaban J connectivity index is 1.41. The Morgan fingerprint density at radius 2 is 1.90 bits per heavy atom. The number of halogens is 1. The van der Waals surface area contributed by atoms with Gasteiger partial charge in [0.2, 0.25) is 5.95 Å². The highest BCUT2D eigenvalue weighted by Crippen LogP contribution is 2.56. The predicted molar refractivity (Wildman–Crippen MR) is 149 cm³/mol. The topological polar surface area (TPSA) is 178 Å². The minimum absolute atomic E-state index is 0.0263. The van der Waals surface area contributed by atoms with Crippen LogP contribution in [0.5, 0.6) is 0 Å². The summed E-state index contributed by atoms with van der Waals surface area (Å²) in [5.74, 6) is 0.935. The van der Waals surface area contributed by atoms with E-state index in [9.17, 15) is 14.9 Å². The van der Waals surface area contributed by atoms with Gasteiger partial charge in [-0.25, -0.2) is 9.78 Å². The third-order valence-corrected chi connectivity index (χ3v) is 8.05. The van der Waals surface area contributed by atoms with Crippen LogP contribution in [0.15, 0.2) is 23.0 Å². The summed E-state index contributed by atoms with van der Waals surface area (Å²) in [5, 5.41) is 13.7. The van der Waals surface area contributed by atoms with Gasteiger partial charge in [-0.1, -0.05) is 17.7 Å². The third kappa shape index (κ3) is 4.54. The second kappa shape index (κ2) is 9.23.